The molecule has 1 aliphatic heterocycles. The number of carbonyl (C=O) groups is 1. The molecule has 1 aromatic rings. The van der Waals surface area contributed by atoms with E-state index >= 15 is 0 Å². The standard InChI is InChI=1S/C14H19NO2/c15-12-4-1-3-11(9-12)10-13(16)6-7-14-5-2-8-17-14/h1,3-4,9,14H,2,5-8,10,15H2. The highest BCUT2D eigenvalue weighted by atomic mass is 16.5. The highest BCUT2D eigenvalue weighted by Crippen LogP contribution is 2.17. The van der Waals surface area contributed by atoms with Crippen molar-refractivity contribution in [1.29, 1.82) is 0 Å². The highest BCUT2D eigenvalue weighted by Gasteiger charge is 2.16. The van der Waals surface area contributed by atoms with Crippen LogP contribution >= 0.6 is 0 Å². The number of carbonyl (C=O) groups excluding carboxylic acids is 1. The predicted octanol–water partition coefficient (Wildman–Crippen LogP) is 2.34. The van der Waals surface area contributed by atoms with E-state index in [0.717, 1.165) is 37.1 Å². The van der Waals surface area contributed by atoms with Crippen LogP contribution in [0.25, 0.3) is 0 Å². The van der Waals surface area contributed by atoms with Crippen LogP contribution in [0.1, 0.15) is 31.2 Å². The van der Waals surface area contributed by atoms with Gasteiger partial charge in [0.05, 0.1) is 6.10 Å². The molecule has 1 atom stereocenters. The van der Waals surface area contributed by atoms with Gasteiger partial charge >= 0.3 is 0 Å². The smallest absolute Gasteiger partial charge is 0.137 e. The van der Waals surface area contributed by atoms with Gasteiger partial charge in [-0.25, -0.2) is 0 Å². The van der Waals surface area contributed by atoms with Crippen LogP contribution in [0.15, 0.2) is 24.3 Å². The van der Waals surface area contributed by atoms with E-state index in [4.69, 9.17) is 10.5 Å². The summed E-state index contributed by atoms with van der Waals surface area (Å²) in [6, 6.07) is 7.53. The SMILES string of the molecule is Nc1cccc(CC(=O)CCC2CCCO2)c1. The Morgan fingerprint density at radius 1 is 1.47 bits per heavy atom. The maximum atomic E-state index is 11.8. The molecule has 0 amide bonds. The predicted molar refractivity (Wildman–Crippen MR) is 67.8 cm³/mol. The van der Waals surface area contributed by atoms with Gasteiger partial charge in [0.25, 0.3) is 0 Å². The first-order valence-corrected chi connectivity index (χ1v) is 6.22. The van der Waals surface area contributed by atoms with Gasteiger partial charge in [-0.3, -0.25) is 4.79 Å². The molecule has 3 nitrogen and oxygen atoms in total. The number of nitrogens with two attached hydrogens (primary N) is 1. The summed E-state index contributed by atoms with van der Waals surface area (Å²) < 4.78 is 5.50. The Bertz CT molecular complexity index is 384. The zero-order valence-electron chi connectivity index (χ0n) is 10.0. The van der Waals surface area contributed by atoms with Crippen LogP contribution in [-0.2, 0) is 16.0 Å². The maximum absolute atomic E-state index is 11.8. The van der Waals surface area contributed by atoms with E-state index in [2.05, 4.69) is 0 Å². The number of ketones is 1. The molecule has 1 fully saturated rings. The van der Waals surface area contributed by atoms with Gasteiger partial charge in [0.1, 0.15) is 5.78 Å². The van der Waals surface area contributed by atoms with Crippen molar-refractivity contribution in [2.75, 3.05) is 12.3 Å². The quantitative estimate of drug-likeness (QED) is 0.794. The Morgan fingerprint density at radius 3 is 3.06 bits per heavy atom. The Morgan fingerprint density at radius 2 is 2.35 bits per heavy atom. The van der Waals surface area contributed by atoms with Crippen molar-refractivity contribution < 1.29 is 9.53 Å². The summed E-state index contributed by atoms with van der Waals surface area (Å²) in [7, 11) is 0. The van der Waals surface area contributed by atoms with Crippen LogP contribution in [-0.4, -0.2) is 18.5 Å². The highest BCUT2D eigenvalue weighted by molar-refractivity contribution is 5.81. The summed E-state index contributed by atoms with van der Waals surface area (Å²) in [6.45, 7) is 0.855. The summed E-state index contributed by atoms with van der Waals surface area (Å²) in [4.78, 5) is 11.8. The molecule has 0 aliphatic carbocycles. The van der Waals surface area contributed by atoms with E-state index in [1.807, 2.05) is 24.3 Å². The molecule has 1 heterocycles. The van der Waals surface area contributed by atoms with Gasteiger partial charge in [0.2, 0.25) is 0 Å². The van der Waals surface area contributed by atoms with Crippen LogP contribution in [0.5, 0.6) is 0 Å². The normalized spacial score (nSPS) is 19.4. The van der Waals surface area contributed by atoms with Crippen molar-refractivity contribution >= 4 is 11.5 Å². The van der Waals surface area contributed by atoms with E-state index in [9.17, 15) is 4.79 Å². The minimum Gasteiger partial charge on any atom is -0.399 e. The van der Waals surface area contributed by atoms with Crippen LogP contribution in [0.2, 0.25) is 0 Å². The molecule has 92 valence electrons. The van der Waals surface area contributed by atoms with Gasteiger partial charge in [0.15, 0.2) is 0 Å². The first-order chi connectivity index (χ1) is 8.24. The molecule has 17 heavy (non-hydrogen) atoms. The van der Waals surface area contributed by atoms with Crippen LogP contribution in [0.4, 0.5) is 5.69 Å². The van der Waals surface area contributed by atoms with E-state index in [1.54, 1.807) is 0 Å². The van der Waals surface area contributed by atoms with Crippen molar-refractivity contribution in [3.63, 3.8) is 0 Å². The summed E-state index contributed by atoms with van der Waals surface area (Å²) >= 11 is 0. The molecule has 1 saturated heterocycles. The van der Waals surface area contributed by atoms with E-state index in [1.165, 1.54) is 0 Å². The molecule has 0 radical (unpaired) electrons. The average Bonchev–Trinajstić information content (AvgIpc) is 2.79. The fourth-order valence-electron chi connectivity index (χ4n) is 2.21. The lowest BCUT2D eigenvalue weighted by Crippen LogP contribution is -2.10. The lowest BCUT2D eigenvalue weighted by molar-refractivity contribution is -0.119. The fourth-order valence-corrected chi connectivity index (χ4v) is 2.21. The van der Waals surface area contributed by atoms with Gasteiger partial charge in [-0.1, -0.05) is 12.1 Å². The van der Waals surface area contributed by atoms with Gasteiger partial charge in [-0.05, 0) is 37.0 Å². The number of nitrogen functional groups attached to an aromatic ring is 1. The second-order valence-corrected chi connectivity index (χ2v) is 4.63. The summed E-state index contributed by atoms with van der Waals surface area (Å²) in [5, 5.41) is 0. The molecule has 0 aromatic heterocycles. The third-order valence-electron chi connectivity index (χ3n) is 3.12. The van der Waals surface area contributed by atoms with Gasteiger partial charge in [-0.15, -0.1) is 0 Å². The number of hydrogen-bond donors (Lipinski definition) is 1. The second-order valence-electron chi connectivity index (χ2n) is 4.63. The largest absolute Gasteiger partial charge is 0.399 e. The van der Waals surface area contributed by atoms with Crippen LogP contribution < -0.4 is 5.73 Å². The van der Waals surface area contributed by atoms with Gasteiger partial charge in [-0.2, -0.15) is 0 Å². The fraction of sp³-hybridized carbons (Fsp3) is 0.500. The molecule has 0 bridgehead atoms. The summed E-state index contributed by atoms with van der Waals surface area (Å²) in [5.74, 6) is 0.270. The van der Waals surface area contributed by atoms with Crippen LogP contribution in [0.3, 0.4) is 0 Å². The Balaban J connectivity index is 1.76. The second kappa shape index (κ2) is 5.82. The number of Topliss-reactive ketones (excluding diaryl/α,β-unsaturated/α-hetero) is 1. The topological polar surface area (TPSA) is 52.3 Å². The minimum absolute atomic E-state index is 0.270. The van der Waals surface area contributed by atoms with Crippen LogP contribution in [0, 0.1) is 0 Å². The Hall–Kier alpha value is -1.35. The molecule has 1 unspecified atom stereocenters. The molecule has 1 aliphatic rings. The van der Waals surface area contributed by atoms with Crippen molar-refractivity contribution in [3.05, 3.63) is 29.8 Å². The average molecular weight is 233 g/mol. The van der Waals surface area contributed by atoms with Crippen molar-refractivity contribution in [2.45, 2.75) is 38.2 Å². The third-order valence-corrected chi connectivity index (χ3v) is 3.12. The molecule has 2 rings (SSSR count). The lowest BCUT2D eigenvalue weighted by Gasteiger charge is -2.08. The molecule has 2 N–H and O–H groups in total. The number of hydrogen-bond acceptors (Lipinski definition) is 3. The summed E-state index contributed by atoms with van der Waals surface area (Å²) in [5.41, 5.74) is 7.40. The maximum Gasteiger partial charge on any atom is 0.137 e. The van der Waals surface area contributed by atoms with Crippen molar-refractivity contribution in [2.24, 2.45) is 0 Å². The summed E-state index contributed by atoms with van der Waals surface area (Å²) in [6.07, 6.45) is 4.50. The lowest BCUT2D eigenvalue weighted by atomic mass is 10.0. The Labute approximate surface area is 102 Å². The Kier molecular flexibility index (Phi) is 4.15. The first kappa shape index (κ1) is 12.1. The van der Waals surface area contributed by atoms with Crippen molar-refractivity contribution in [3.8, 4) is 0 Å². The first-order valence-electron chi connectivity index (χ1n) is 6.22. The molecule has 0 spiro atoms. The van der Waals surface area contributed by atoms with Gasteiger partial charge in [0, 0.05) is 25.1 Å². The number of ether oxygens (including phenoxy) is 1. The van der Waals surface area contributed by atoms with E-state index in [-0.39, 0.29) is 5.78 Å². The minimum atomic E-state index is 0.270. The molecular formula is C14H19NO2. The zero-order chi connectivity index (χ0) is 12.1. The van der Waals surface area contributed by atoms with E-state index < -0.39 is 0 Å². The number of rotatable bonds is 5. The molecule has 0 saturated carbocycles. The molecule has 1 aromatic carbocycles. The number of anilines is 1. The zero-order valence-corrected chi connectivity index (χ0v) is 10.0. The van der Waals surface area contributed by atoms with Crippen molar-refractivity contribution in [1.82, 2.24) is 0 Å². The molecule has 3 heteroatoms. The monoisotopic (exact) mass is 233 g/mol. The third kappa shape index (κ3) is 3.86. The van der Waals surface area contributed by atoms with Gasteiger partial charge < -0.3 is 10.5 Å². The molecular weight excluding hydrogens is 214 g/mol. The van der Waals surface area contributed by atoms with E-state index in [0.29, 0.717) is 18.9 Å². The number of benzene rings is 1.